The molecule has 0 unspecified atom stereocenters. The SMILES string of the molecule is CN(C)c1ccc(C2=CCCCC2=O)cc1. The summed E-state index contributed by atoms with van der Waals surface area (Å²) in [7, 11) is 4.03. The minimum Gasteiger partial charge on any atom is -0.378 e. The molecular formula is C14H17NO. The highest BCUT2D eigenvalue weighted by molar-refractivity contribution is 6.21. The monoisotopic (exact) mass is 215 g/mol. The maximum Gasteiger partial charge on any atom is 0.163 e. The molecule has 2 nitrogen and oxygen atoms in total. The smallest absolute Gasteiger partial charge is 0.163 e. The Hall–Kier alpha value is -1.57. The Bertz CT molecular complexity index is 415. The minimum absolute atomic E-state index is 0.281. The van der Waals surface area contributed by atoms with Gasteiger partial charge in [0, 0.05) is 31.8 Å². The summed E-state index contributed by atoms with van der Waals surface area (Å²) in [5.41, 5.74) is 3.11. The van der Waals surface area contributed by atoms with Crippen LogP contribution in [-0.2, 0) is 4.79 Å². The molecule has 0 radical (unpaired) electrons. The van der Waals surface area contributed by atoms with Crippen molar-refractivity contribution in [3.8, 4) is 0 Å². The summed E-state index contributed by atoms with van der Waals surface area (Å²) in [6, 6.07) is 8.17. The largest absolute Gasteiger partial charge is 0.378 e. The molecule has 0 spiro atoms. The third-order valence-electron chi connectivity index (χ3n) is 2.95. The van der Waals surface area contributed by atoms with Crippen molar-refractivity contribution >= 4 is 17.0 Å². The van der Waals surface area contributed by atoms with E-state index in [0.29, 0.717) is 6.42 Å². The summed E-state index contributed by atoms with van der Waals surface area (Å²) in [5.74, 6) is 0.281. The summed E-state index contributed by atoms with van der Waals surface area (Å²) in [6.45, 7) is 0. The van der Waals surface area contributed by atoms with E-state index in [4.69, 9.17) is 0 Å². The van der Waals surface area contributed by atoms with Gasteiger partial charge in [0.05, 0.1) is 0 Å². The molecule has 0 amide bonds. The Kier molecular flexibility index (Phi) is 3.09. The normalized spacial score (nSPS) is 15.9. The van der Waals surface area contributed by atoms with Crippen LogP contribution in [0.4, 0.5) is 5.69 Å². The van der Waals surface area contributed by atoms with Crippen LogP contribution in [0, 0.1) is 0 Å². The summed E-state index contributed by atoms with van der Waals surface area (Å²) >= 11 is 0. The zero-order chi connectivity index (χ0) is 11.5. The quantitative estimate of drug-likeness (QED) is 0.756. The number of ketones is 1. The number of Topliss-reactive ketones (excluding diaryl/α,β-unsaturated/α-hetero) is 1. The number of anilines is 1. The number of benzene rings is 1. The molecule has 0 bridgehead atoms. The molecule has 1 aromatic carbocycles. The van der Waals surface area contributed by atoms with Crippen LogP contribution in [0.1, 0.15) is 24.8 Å². The van der Waals surface area contributed by atoms with Gasteiger partial charge < -0.3 is 4.90 Å². The lowest BCUT2D eigenvalue weighted by atomic mass is 9.92. The Morgan fingerprint density at radius 3 is 2.38 bits per heavy atom. The molecule has 2 rings (SSSR count). The van der Waals surface area contributed by atoms with Crippen LogP contribution in [0.5, 0.6) is 0 Å². The summed E-state index contributed by atoms with van der Waals surface area (Å²) < 4.78 is 0. The maximum atomic E-state index is 11.7. The Morgan fingerprint density at radius 2 is 1.81 bits per heavy atom. The fourth-order valence-electron chi connectivity index (χ4n) is 1.98. The Balaban J connectivity index is 2.27. The average molecular weight is 215 g/mol. The van der Waals surface area contributed by atoms with Gasteiger partial charge in [0.25, 0.3) is 0 Å². The van der Waals surface area contributed by atoms with Gasteiger partial charge in [0.2, 0.25) is 0 Å². The second-order valence-electron chi connectivity index (χ2n) is 4.37. The van der Waals surface area contributed by atoms with E-state index in [1.54, 1.807) is 0 Å². The van der Waals surface area contributed by atoms with Crippen molar-refractivity contribution in [1.29, 1.82) is 0 Å². The topological polar surface area (TPSA) is 20.3 Å². The molecule has 2 heteroatoms. The molecule has 1 aliphatic carbocycles. The predicted octanol–water partition coefficient (Wildman–Crippen LogP) is 2.89. The number of allylic oxidation sites excluding steroid dienone is 2. The summed E-state index contributed by atoms with van der Waals surface area (Å²) in [5, 5.41) is 0. The molecule has 0 saturated carbocycles. The number of rotatable bonds is 2. The molecule has 0 saturated heterocycles. The van der Waals surface area contributed by atoms with Crippen LogP contribution in [0.15, 0.2) is 30.3 Å². The van der Waals surface area contributed by atoms with Gasteiger partial charge in [-0.1, -0.05) is 18.2 Å². The zero-order valence-electron chi connectivity index (χ0n) is 9.86. The second-order valence-corrected chi connectivity index (χ2v) is 4.37. The van der Waals surface area contributed by atoms with Crippen molar-refractivity contribution < 1.29 is 4.79 Å². The first-order valence-electron chi connectivity index (χ1n) is 5.69. The number of hydrogen-bond donors (Lipinski definition) is 0. The molecule has 0 aliphatic heterocycles. The standard InChI is InChI=1S/C14H17NO/c1-15(2)12-9-7-11(8-10-12)13-5-3-4-6-14(13)16/h5,7-10H,3-4,6H2,1-2H3. The van der Waals surface area contributed by atoms with Gasteiger partial charge in [-0.05, 0) is 30.5 Å². The average Bonchev–Trinajstić information content (AvgIpc) is 2.30. The van der Waals surface area contributed by atoms with E-state index >= 15 is 0 Å². The van der Waals surface area contributed by atoms with Gasteiger partial charge in [0.15, 0.2) is 5.78 Å². The van der Waals surface area contributed by atoms with Gasteiger partial charge in [-0.25, -0.2) is 0 Å². The van der Waals surface area contributed by atoms with E-state index in [0.717, 1.165) is 29.7 Å². The molecule has 0 atom stereocenters. The third-order valence-corrected chi connectivity index (χ3v) is 2.95. The molecular weight excluding hydrogens is 198 g/mol. The molecule has 0 N–H and O–H groups in total. The lowest BCUT2D eigenvalue weighted by Gasteiger charge is -2.15. The highest BCUT2D eigenvalue weighted by atomic mass is 16.1. The van der Waals surface area contributed by atoms with Crippen LogP contribution in [0.3, 0.4) is 0 Å². The summed E-state index contributed by atoms with van der Waals surface area (Å²) in [4.78, 5) is 13.8. The first-order valence-corrected chi connectivity index (χ1v) is 5.69. The van der Waals surface area contributed by atoms with Crippen LogP contribution in [-0.4, -0.2) is 19.9 Å². The van der Waals surface area contributed by atoms with Crippen LogP contribution in [0.2, 0.25) is 0 Å². The summed E-state index contributed by atoms with van der Waals surface area (Å²) in [6.07, 6.45) is 4.78. The van der Waals surface area contributed by atoms with Gasteiger partial charge in [0.1, 0.15) is 0 Å². The maximum absolute atomic E-state index is 11.7. The molecule has 1 aliphatic rings. The highest BCUT2D eigenvalue weighted by Gasteiger charge is 2.14. The molecule has 84 valence electrons. The van der Waals surface area contributed by atoms with Gasteiger partial charge >= 0.3 is 0 Å². The van der Waals surface area contributed by atoms with Crippen LogP contribution >= 0.6 is 0 Å². The first kappa shape index (κ1) is 10.9. The molecule has 0 heterocycles. The van der Waals surface area contributed by atoms with E-state index in [-0.39, 0.29) is 5.78 Å². The van der Waals surface area contributed by atoms with Crippen molar-refractivity contribution in [2.75, 3.05) is 19.0 Å². The van der Waals surface area contributed by atoms with E-state index in [1.807, 2.05) is 26.2 Å². The zero-order valence-corrected chi connectivity index (χ0v) is 9.86. The van der Waals surface area contributed by atoms with Gasteiger partial charge in [-0.2, -0.15) is 0 Å². The number of carbonyl (C=O) groups excluding carboxylic acids is 1. The van der Waals surface area contributed by atoms with Crippen LogP contribution < -0.4 is 4.90 Å². The van der Waals surface area contributed by atoms with Crippen LogP contribution in [0.25, 0.3) is 5.57 Å². The predicted molar refractivity (Wildman–Crippen MR) is 67.6 cm³/mol. The lowest BCUT2D eigenvalue weighted by molar-refractivity contribution is -0.114. The molecule has 0 aromatic heterocycles. The van der Waals surface area contributed by atoms with E-state index < -0.39 is 0 Å². The number of carbonyl (C=O) groups is 1. The van der Waals surface area contributed by atoms with E-state index in [2.05, 4.69) is 23.1 Å². The fourth-order valence-corrected chi connectivity index (χ4v) is 1.98. The number of nitrogens with zero attached hydrogens (tertiary/aromatic N) is 1. The molecule has 1 aromatic rings. The second kappa shape index (κ2) is 4.52. The van der Waals surface area contributed by atoms with Crippen molar-refractivity contribution in [1.82, 2.24) is 0 Å². The fraction of sp³-hybridized carbons (Fsp3) is 0.357. The van der Waals surface area contributed by atoms with Gasteiger partial charge in [-0.3, -0.25) is 4.79 Å². The van der Waals surface area contributed by atoms with E-state index in [1.165, 1.54) is 0 Å². The van der Waals surface area contributed by atoms with Crippen molar-refractivity contribution in [2.45, 2.75) is 19.3 Å². The number of hydrogen-bond acceptors (Lipinski definition) is 2. The third kappa shape index (κ3) is 2.16. The van der Waals surface area contributed by atoms with Crippen molar-refractivity contribution in [3.05, 3.63) is 35.9 Å². The minimum atomic E-state index is 0.281. The lowest BCUT2D eigenvalue weighted by Crippen LogP contribution is -2.09. The van der Waals surface area contributed by atoms with E-state index in [9.17, 15) is 4.79 Å². The van der Waals surface area contributed by atoms with Crippen molar-refractivity contribution in [3.63, 3.8) is 0 Å². The molecule has 16 heavy (non-hydrogen) atoms. The van der Waals surface area contributed by atoms with Crippen molar-refractivity contribution in [2.24, 2.45) is 0 Å². The Labute approximate surface area is 96.6 Å². The Morgan fingerprint density at radius 1 is 1.12 bits per heavy atom. The first-order chi connectivity index (χ1) is 7.68. The van der Waals surface area contributed by atoms with Gasteiger partial charge in [-0.15, -0.1) is 0 Å². The molecule has 0 fully saturated rings. The highest BCUT2D eigenvalue weighted by Crippen LogP contribution is 2.25.